The molecule has 0 N–H and O–H groups in total. The van der Waals surface area contributed by atoms with E-state index in [4.69, 9.17) is 21.1 Å². The summed E-state index contributed by atoms with van der Waals surface area (Å²) >= 11 is 6.10. The van der Waals surface area contributed by atoms with Gasteiger partial charge in [-0.2, -0.15) is 13.2 Å². The topological polar surface area (TPSA) is 53.4 Å². The smallest absolute Gasteiger partial charge is 0.406 e. The lowest BCUT2D eigenvalue weighted by atomic mass is 9.91. The molecule has 2 heterocycles. The van der Waals surface area contributed by atoms with Crippen molar-refractivity contribution < 1.29 is 27.4 Å². The Morgan fingerprint density at radius 1 is 1.12 bits per heavy atom. The average molecular weight is 497 g/mol. The normalized spacial score (nSPS) is 13.4. The highest BCUT2D eigenvalue weighted by Crippen LogP contribution is 2.43. The summed E-state index contributed by atoms with van der Waals surface area (Å²) in [5.41, 5.74) is 2.62. The van der Waals surface area contributed by atoms with Crippen LogP contribution in [0.1, 0.15) is 49.4 Å². The first-order valence-electron chi connectivity index (χ1n) is 10.7. The Labute approximate surface area is 201 Å². The zero-order valence-corrected chi connectivity index (χ0v) is 21.0. The highest BCUT2D eigenvalue weighted by atomic mass is 35.5. The summed E-state index contributed by atoms with van der Waals surface area (Å²) in [6.07, 6.45) is -5.57. The molecule has 3 aromatic rings. The molecule has 0 aliphatic rings. The maximum Gasteiger partial charge on any atom is 0.406 e. The molecule has 1 aromatic carbocycles. The molecule has 34 heavy (non-hydrogen) atoms. The Bertz CT molecular complexity index is 1230. The van der Waals surface area contributed by atoms with Gasteiger partial charge in [0.2, 0.25) is 0 Å². The maximum absolute atomic E-state index is 13.4. The number of alkyl halides is 3. The number of fused-ring (bicyclic) bond motifs is 1. The highest BCUT2D eigenvalue weighted by Gasteiger charge is 2.36. The number of pyridine rings is 1. The van der Waals surface area contributed by atoms with Crippen LogP contribution in [0.4, 0.5) is 13.2 Å². The molecule has 1 atom stereocenters. The zero-order valence-electron chi connectivity index (χ0n) is 20.2. The summed E-state index contributed by atoms with van der Waals surface area (Å²) in [5.74, 6) is -0.626. The standard InChI is InChI=1S/C25H28ClF3N2O3/c1-13-15(3)31(12-25(27,28)29)22-18(13)20(16-8-10-17(26)11-9-16)19(14(2)30-22)21(23(32)33-7)34-24(4,5)6/h8-11,21H,12H2,1-7H3/t21-/m0/s1. The van der Waals surface area contributed by atoms with Crippen LogP contribution in [0.15, 0.2) is 24.3 Å². The summed E-state index contributed by atoms with van der Waals surface area (Å²) in [6, 6.07) is 6.91. The van der Waals surface area contributed by atoms with Crippen molar-refractivity contribution in [3.05, 3.63) is 51.8 Å². The minimum absolute atomic E-state index is 0.192. The van der Waals surface area contributed by atoms with Crippen molar-refractivity contribution in [3.8, 4) is 11.1 Å². The number of hydrogen-bond donors (Lipinski definition) is 0. The predicted octanol–water partition coefficient (Wildman–Crippen LogP) is 6.87. The van der Waals surface area contributed by atoms with Gasteiger partial charge in [0.1, 0.15) is 12.2 Å². The molecule has 2 aromatic heterocycles. The van der Waals surface area contributed by atoms with E-state index in [-0.39, 0.29) is 5.65 Å². The van der Waals surface area contributed by atoms with Crippen molar-refractivity contribution >= 4 is 28.6 Å². The third-order valence-corrected chi connectivity index (χ3v) is 5.86. The van der Waals surface area contributed by atoms with Gasteiger partial charge in [0.15, 0.2) is 6.10 Å². The van der Waals surface area contributed by atoms with Gasteiger partial charge in [0.25, 0.3) is 0 Å². The van der Waals surface area contributed by atoms with Crippen molar-refractivity contribution in [2.24, 2.45) is 0 Å². The van der Waals surface area contributed by atoms with E-state index in [1.807, 2.05) is 0 Å². The van der Waals surface area contributed by atoms with Gasteiger partial charge in [-0.15, -0.1) is 0 Å². The minimum atomic E-state index is -4.43. The number of halogens is 4. The van der Waals surface area contributed by atoms with E-state index < -0.39 is 30.4 Å². The third-order valence-electron chi connectivity index (χ3n) is 5.60. The number of aromatic nitrogens is 2. The number of benzene rings is 1. The van der Waals surface area contributed by atoms with Crippen LogP contribution in [0, 0.1) is 20.8 Å². The number of carbonyl (C=O) groups is 1. The number of ether oxygens (including phenoxy) is 2. The highest BCUT2D eigenvalue weighted by molar-refractivity contribution is 6.30. The number of rotatable bonds is 5. The third kappa shape index (κ3) is 5.23. The fourth-order valence-electron chi connectivity index (χ4n) is 4.09. The molecular weight excluding hydrogens is 469 g/mol. The van der Waals surface area contributed by atoms with Crippen molar-refractivity contribution in [2.45, 2.75) is 66.0 Å². The van der Waals surface area contributed by atoms with Gasteiger partial charge in [-0.3, -0.25) is 0 Å². The molecule has 5 nitrogen and oxygen atoms in total. The molecule has 0 spiro atoms. The first-order chi connectivity index (χ1) is 15.6. The molecular formula is C25H28ClF3N2O3. The van der Waals surface area contributed by atoms with Crippen LogP contribution >= 0.6 is 11.6 Å². The lowest BCUT2D eigenvalue weighted by Crippen LogP contribution is -2.29. The summed E-state index contributed by atoms with van der Waals surface area (Å²) in [4.78, 5) is 17.5. The first kappa shape index (κ1) is 26.0. The lowest BCUT2D eigenvalue weighted by molar-refractivity contribution is -0.164. The van der Waals surface area contributed by atoms with Crippen LogP contribution in [0.25, 0.3) is 22.2 Å². The molecule has 0 amide bonds. The summed E-state index contributed by atoms with van der Waals surface area (Å²) in [7, 11) is 1.26. The van der Waals surface area contributed by atoms with Crippen molar-refractivity contribution in [1.82, 2.24) is 9.55 Å². The molecule has 0 fully saturated rings. The number of esters is 1. The molecule has 0 unspecified atom stereocenters. The van der Waals surface area contributed by atoms with E-state index in [9.17, 15) is 18.0 Å². The Balaban J connectivity index is 2.49. The summed E-state index contributed by atoms with van der Waals surface area (Å²) in [5, 5.41) is 1.03. The molecule has 0 saturated carbocycles. The van der Waals surface area contributed by atoms with E-state index in [2.05, 4.69) is 4.98 Å². The van der Waals surface area contributed by atoms with Crippen LogP contribution in [0.5, 0.6) is 0 Å². The maximum atomic E-state index is 13.4. The van der Waals surface area contributed by atoms with Gasteiger partial charge in [-0.25, -0.2) is 9.78 Å². The van der Waals surface area contributed by atoms with Crippen LogP contribution in [-0.2, 0) is 20.8 Å². The lowest BCUT2D eigenvalue weighted by Gasteiger charge is -2.29. The predicted molar refractivity (Wildman–Crippen MR) is 126 cm³/mol. The van der Waals surface area contributed by atoms with Gasteiger partial charge < -0.3 is 14.0 Å². The fraction of sp³-hybridized carbons (Fsp3) is 0.440. The molecule has 184 valence electrons. The van der Waals surface area contributed by atoms with E-state index >= 15 is 0 Å². The molecule has 0 aliphatic heterocycles. The Kier molecular flexibility index (Phi) is 7.06. The fourth-order valence-corrected chi connectivity index (χ4v) is 4.22. The van der Waals surface area contributed by atoms with Crippen molar-refractivity contribution in [3.63, 3.8) is 0 Å². The van der Waals surface area contributed by atoms with E-state index in [1.54, 1.807) is 65.8 Å². The largest absolute Gasteiger partial charge is 0.467 e. The number of aryl methyl sites for hydroxylation is 2. The SMILES string of the molecule is COC(=O)[C@@H](OC(C)(C)C)c1c(C)nc2c(c(C)c(C)n2CC(F)(F)F)c1-c1ccc(Cl)cc1. The zero-order chi connectivity index (χ0) is 25.6. The molecule has 0 radical (unpaired) electrons. The van der Waals surface area contributed by atoms with Crippen LogP contribution in [0.2, 0.25) is 5.02 Å². The van der Waals surface area contributed by atoms with Gasteiger partial charge in [0.05, 0.1) is 12.7 Å². The number of hydrogen-bond acceptors (Lipinski definition) is 4. The number of methoxy groups -OCH3 is 1. The molecule has 0 aliphatic carbocycles. The second-order valence-electron chi connectivity index (χ2n) is 9.24. The van der Waals surface area contributed by atoms with Gasteiger partial charge in [-0.05, 0) is 64.8 Å². The molecule has 3 rings (SSSR count). The second-order valence-corrected chi connectivity index (χ2v) is 9.67. The second kappa shape index (κ2) is 9.23. The molecule has 0 saturated heterocycles. The number of carbonyl (C=O) groups excluding carboxylic acids is 1. The molecule has 0 bridgehead atoms. The van der Waals surface area contributed by atoms with Crippen LogP contribution in [-0.4, -0.2) is 34.4 Å². The Morgan fingerprint density at radius 3 is 2.21 bits per heavy atom. The number of nitrogens with zero attached hydrogens (tertiary/aromatic N) is 2. The van der Waals surface area contributed by atoms with E-state index in [1.165, 1.54) is 11.7 Å². The van der Waals surface area contributed by atoms with Crippen LogP contribution in [0.3, 0.4) is 0 Å². The van der Waals surface area contributed by atoms with Crippen LogP contribution < -0.4 is 0 Å². The average Bonchev–Trinajstić information content (AvgIpc) is 2.94. The van der Waals surface area contributed by atoms with Gasteiger partial charge >= 0.3 is 12.1 Å². The quantitative estimate of drug-likeness (QED) is 0.361. The van der Waals surface area contributed by atoms with E-state index in [0.29, 0.717) is 44.1 Å². The minimum Gasteiger partial charge on any atom is -0.467 e. The van der Waals surface area contributed by atoms with Gasteiger partial charge in [0, 0.05) is 32.9 Å². The van der Waals surface area contributed by atoms with Gasteiger partial charge in [-0.1, -0.05) is 23.7 Å². The Hall–Kier alpha value is -2.58. The summed E-state index contributed by atoms with van der Waals surface area (Å²) in [6.45, 7) is 9.29. The van der Waals surface area contributed by atoms with E-state index in [0.717, 1.165) is 0 Å². The van der Waals surface area contributed by atoms with Crippen molar-refractivity contribution in [2.75, 3.05) is 7.11 Å². The summed E-state index contributed by atoms with van der Waals surface area (Å²) < 4.78 is 52.6. The first-order valence-corrected chi connectivity index (χ1v) is 11.1. The van der Waals surface area contributed by atoms with Crippen molar-refractivity contribution in [1.29, 1.82) is 0 Å². The monoisotopic (exact) mass is 496 g/mol. The molecule has 9 heteroatoms. The Morgan fingerprint density at radius 2 is 1.71 bits per heavy atom.